The van der Waals surface area contributed by atoms with Crippen LogP contribution in [-0.4, -0.2) is 19.1 Å². The molecule has 1 aliphatic carbocycles. The quantitative estimate of drug-likeness (QED) is 0.570. The summed E-state index contributed by atoms with van der Waals surface area (Å²) >= 11 is 0. The summed E-state index contributed by atoms with van der Waals surface area (Å²) in [5, 5.41) is 9.30. The molecular formula is C12H18N2O3S. The normalized spacial score (nSPS) is 16.8. The minimum atomic E-state index is -3.60. The number of benzene rings is 1. The Kier molecular flexibility index (Phi) is 3.03. The lowest BCUT2D eigenvalue weighted by molar-refractivity contribution is 0.400. The molecule has 5 nitrogen and oxygen atoms in total. The standard InChI is InChI=1S/C12H18N2O3S/c1-12(2,8-3-4-8)14-18(16,17)9-5-6-11(15)10(13)7-9/h5-8,14-15H,3-4,13H2,1-2H3. The maximum atomic E-state index is 12.2. The van der Waals surface area contributed by atoms with Crippen molar-refractivity contribution in [3.63, 3.8) is 0 Å². The lowest BCUT2D eigenvalue weighted by Crippen LogP contribution is -2.45. The van der Waals surface area contributed by atoms with Crippen LogP contribution >= 0.6 is 0 Å². The third kappa shape index (κ3) is 2.59. The van der Waals surface area contributed by atoms with E-state index in [-0.39, 0.29) is 16.3 Å². The van der Waals surface area contributed by atoms with Crippen LogP contribution in [0.4, 0.5) is 5.69 Å². The number of anilines is 1. The molecule has 4 N–H and O–H groups in total. The van der Waals surface area contributed by atoms with E-state index in [0.29, 0.717) is 5.92 Å². The Labute approximate surface area is 107 Å². The van der Waals surface area contributed by atoms with Gasteiger partial charge in [0.2, 0.25) is 10.0 Å². The first kappa shape index (κ1) is 13.2. The molecule has 0 bridgehead atoms. The number of nitrogens with two attached hydrogens (primary N) is 1. The van der Waals surface area contributed by atoms with Crippen molar-refractivity contribution in [1.82, 2.24) is 4.72 Å². The minimum Gasteiger partial charge on any atom is -0.506 e. The zero-order valence-electron chi connectivity index (χ0n) is 10.5. The maximum Gasteiger partial charge on any atom is 0.241 e. The third-order valence-corrected chi connectivity index (χ3v) is 4.97. The van der Waals surface area contributed by atoms with Crippen molar-refractivity contribution in [1.29, 1.82) is 0 Å². The van der Waals surface area contributed by atoms with Gasteiger partial charge in [-0.25, -0.2) is 13.1 Å². The van der Waals surface area contributed by atoms with E-state index < -0.39 is 15.6 Å². The van der Waals surface area contributed by atoms with Crippen molar-refractivity contribution in [2.24, 2.45) is 5.92 Å². The number of rotatable bonds is 4. The highest BCUT2D eigenvalue weighted by Gasteiger charge is 2.40. The summed E-state index contributed by atoms with van der Waals surface area (Å²) in [6.07, 6.45) is 2.10. The first-order valence-electron chi connectivity index (χ1n) is 5.85. The van der Waals surface area contributed by atoms with Gasteiger partial charge in [-0.15, -0.1) is 0 Å². The molecule has 0 amide bonds. The molecule has 0 spiro atoms. The predicted octanol–water partition coefficient (Wildman–Crippen LogP) is 1.44. The summed E-state index contributed by atoms with van der Waals surface area (Å²) < 4.78 is 27.1. The molecule has 0 aliphatic heterocycles. The van der Waals surface area contributed by atoms with Gasteiger partial charge in [0.15, 0.2) is 0 Å². The van der Waals surface area contributed by atoms with Crippen molar-refractivity contribution in [2.75, 3.05) is 5.73 Å². The molecule has 0 unspecified atom stereocenters. The second-order valence-corrected chi connectivity index (χ2v) is 7.00. The van der Waals surface area contributed by atoms with Gasteiger partial charge in [0, 0.05) is 5.54 Å². The number of nitrogens with one attached hydrogen (secondary N) is 1. The molecule has 0 heterocycles. The van der Waals surface area contributed by atoms with Gasteiger partial charge in [0.1, 0.15) is 5.75 Å². The number of phenolic OH excluding ortho intramolecular Hbond substituents is 1. The van der Waals surface area contributed by atoms with Crippen LogP contribution in [0.5, 0.6) is 5.75 Å². The van der Waals surface area contributed by atoms with Crippen LogP contribution in [0, 0.1) is 5.92 Å². The Bertz CT molecular complexity index is 563. The first-order valence-corrected chi connectivity index (χ1v) is 7.33. The van der Waals surface area contributed by atoms with Crippen molar-refractivity contribution in [2.45, 2.75) is 37.1 Å². The minimum absolute atomic E-state index is 0.0575. The van der Waals surface area contributed by atoms with E-state index in [0.717, 1.165) is 12.8 Å². The molecule has 18 heavy (non-hydrogen) atoms. The lowest BCUT2D eigenvalue weighted by atomic mass is 10.0. The van der Waals surface area contributed by atoms with Crippen LogP contribution in [0.1, 0.15) is 26.7 Å². The monoisotopic (exact) mass is 270 g/mol. The first-order chi connectivity index (χ1) is 8.22. The Hall–Kier alpha value is -1.27. The second-order valence-electron chi connectivity index (χ2n) is 5.32. The molecule has 6 heteroatoms. The van der Waals surface area contributed by atoms with Gasteiger partial charge < -0.3 is 10.8 Å². The summed E-state index contributed by atoms with van der Waals surface area (Å²) in [6.45, 7) is 3.76. The van der Waals surface area contributed by atoms with Crippen LogP contribution < -0.4 is 10.5 Å². The highest BCUT2D eigenvalue weighted by Crippen LogP contribution is 2.40. The van der Waals surface area contributed by atoms with Crippen molar-refractivity contribution < 1.29 is 13.5 Å². The van der Waals surface area contributed by atoms with E-state index in [1.165, 1.54) is 18.2 Å². The Morgan fingerprint density at radius 3 is 2.50 bits per heavy atom. The largest absolute Gasteiger partial charge is 0.506 e. The fourth-order valence-electron chi connectivity index (χ4n) is 1.99. The average molecular weight is 270 g/mol. The summed E-state index contributed by atoms with van der Waals surface area (Å²) in [7, 11) is -3.60. The highest BCUT2D eigenvalue weighted by molar-refractivity contribution is 7.89. The van der Waals surface area contributed by atoms with E-state index >= 15 is 0 Å². The number of phenols is 1. The molecule has 100 valence electrons. The Balaban J connectivity index is 2.27. The average Bonchev–Trinajstić information content (AvgIpc) is 3.03. The number of sulfonamides is 1. The third-order valence-electron chi connectivity index (χ3n) is 3.30. The van der Waals surface area contributed by atoms with Crippen molar-refractivity contribution in [3.8, 4) is 5.75 Å². The molecule has 2 rings (SSSR count). The number of hydrogen-bond donors (Lipinski definition) is 3. The summed E-state index contributed by atoms with van der Waals surface area (Å²) in [6, 6.07) is 3.89. The topological polar surface area (TPSA) is 92.4 Å². The van der Waals surface area contributed by atoms with Gasteiger partial charge in [0.25, 0.3) is 0 Å². The lowest BCUT2D eigenvalue weighted by Gasteiger charge is -2.25. The van der Waals surface area contributed by atoms with E-state index in [9.17, 15) is 13.5 Å². The predicted molar refractivity (Wildman–Crippen MR) is 69.6 cm³/mol. The fourth-order valence-corrected chi connectivity index (χ4v) is 3.50. The van der Waals surface area contributed by atoms with Crippen molar-refractivity contribution >= 4 is 15.7 Å². The Morgan fingerprint density at radius 2 is 2.00 bits per heavy atom. The number of nitrogen functional groups attached to an aromatic ring is 1. The van der Waals surface area contributed by atoms with Gasteiger partial charge >= 0.3 is 0 Å². The van der Waals surface area contributed by atoms with E-state index in [2.05, 4.69) is 4.72 Å². The van der Waals surface area contributed by atoms with Gasteiger partial charge in [0.05, 0.1) is 10.6 Å². The van der Waals surface area contributed by atoms with E-state index in [1.807, 2.05) is 13.8 Å². The molecule has 0 atom stereocenters. The van der Waals surface area contributed by atoms with E-state index in [1.54, 1.807) is 0 Å². The van der Waals surface area contributed by atoms with Crippen LogP contribution in [0.2, 0.25) is 0 Å². The highest BCUT2D eigenvalue weighted by atomic mass is 32.2. The van der Waals surface area contributed by atoms with Gasteiger partial charge in [-0.05, 0) is 50.8 Å². The summed E-state index contributed by atoms with van der Waals surface area (Å²) in [4.78, 5) is 0.0755. The van der Waals surface area contributed by atoms with Crippen LogP contribution in [0.3, 0.4) is 0 Å². The van der Waals surface area contributed by atoms with Crippen LogP contribution in [0.25, 0.3) is 0 Å². The SMILES string of the molecule is CC(C)(NS(=O)(=O)c1ccc(O)c(N)c1)C1CC1. The molecule has 1 aromatic carbocycles. The van der Waals surface area contributed by atoms with Gasteiger partial charge in [-0.3, -0.25) is 0 Å². The van der Waals surface area contributed by atoms with Gasteiger partial charge in [-0.1, -0.05) is 0 Å². The second kappa shape index (κ2) is 4.13. The number of aromatic hydroxyl groups is 1. The zero-order valence-corrected chi connectivity index (χ0v) is 11.3. The summed E-state index contributed by atoms with van der Waals surface area (Å²) in [5.74, 6) is 0.275. The molecule has 0 aromatic heterocycles. The molecule has 1 fully saturated rings. The molecule has 1 saturated carbocycles. The van der Waals surface area contributed by atoms with Gasteiger partial charge in [-0.2, -0.15) is 0 Å². The Morgan fingerprint density at radius 1 is 1.39 bits per heavy atom. The van der Waals surface area contributed by atoms with E-state index in [4.69, 9.17) is 5.73 Å². The molecule has 0 radical (unpaired) electrons. The maximum absolute atomic E-state index is 12.2. The smallest absolute Gasteiger partial charge is 0.241 e. The molecule has 0 saturated heterocycles. The zero-order chi connectivity index (χ0) is 13.6. The fraction of sp³-hybridized carbons (Fsp3) is 0.500. The number of hydrogen-bond acceptors (Lipinski definition) is 4. The van der Waals surface area contributed by atoms with Crippen LogP contribution in [0.15, 0.2) is 23.1 Å². The molecule has 1 aromatic rings. The molecular weight excluding hydrogens is 252 g/mol. The van der Waals surface area contributed by atoms with Crippen molar-refractivity contribution in [3.05, 3.63) is 18.2 Å². The molecule has 1 aliphatic rings. The summed E-state index contributed by atoms with van der Waals surface area (Å²) in [5.41, 5.74) is 5.12. The van der Waals surface area contributed by atoms with Crippen LogP contribution in [-0.2, 0) is 10.0 Å².